The number of rotatable bonds is 6. The zero-order chi connectivity index (χ0) is 34.7. The Morgan fingerprint density at radius 1 is 0.431 bits per heavy atom. The molecule has 0 unspecified atom stereocenters. The number of pyridine rings is 2. The van der Waals surface area contributed by atoms with Crippen LogP contribution in [0.1, 0.15) is 16.7 Å². The van der Waals surface area contributed by atoms with Crippen LogP contribution in [0.25, 0.3) is 66.8 Å². The Hall–Kier alpha value is -6.34. The third-order valence-corrected chi connectivity index (χ3v) is 9.18. The Bertz CT molecular complexity index is 2640. The fraction of sp³-hybridized carbons (Fsp3) is 0.0667. The molecule has 0 saturated carbocycles. The predicted molar refractivity (Wildman–Crippen MR) is 206 cm³/mol. The first-order chi connectivity index (χ1) is 25.0. The Morgan fingerprint density at radius 2 is 0.941 bits per heavy atom. The second kappa shape index (κ2) is 13.9. The van der Waals surface area contributed by atoms with Gasteiger partial charge in [-0.05, 0) is 93.5 Å². The van der Waals surface area contributed by atoms with E-state index in [4.69, 9.17) is 9.97 Å². The summed E-state index contributed by atoms with van der Waals surface area (Å²) in [5.41, 5.74) is 13.5. The lowest BCUT2D eigenvalue weighted by Gasteiger charge is -2.04. The molecule has 0 aliphatic heterocycles. The number of nitrogens with zero attached hydrogens (tertiary/aromatic N) is 4. The van der Waals surface area contributed by atoms with E-state index in [-0.39, 0.29) is 13.2 Å². The topological polar surface area (TPSA) is 75.1 Å². The van der Waals surface area contributed by atoms with E-state index < -0.39 is 0 Å². The zero-order valence-electron chi connectivity index (χ0n) is 28.2. The van der Waals surface area contributed by atoms with Gasteiger partial charge in [-0.15, -0.1) is 0 Å². The van der Waals surface area contributed by atoms with Crippen molar-refractivity contribution in [3.05, 3.63) is 181 Å². The van der Waals surface area contributed by atoms with E-state index in [2.05, 4.69) is 132 Å². The Balaban J connectivity index is 0.000000148. The van der Waals surface area contributed by atoms with Gasteiger partial charge >= 0.3 is 0 Å². The average molecular weight is 665 g/mol. The number of benzene rings is 5. The molecule has 0 radical (unpaired) electrons. The van der Waals surface area contributed by atoms with Gasteiger partial charge in [-0.2, -0.15) is 0 Å². The summed E-state index contributed by atoms with van der Waals surface area (Å²) in [5, 5.41) is 21.1. The highest BCUT2D eigenvalue weighted by atomic mass is 16.3. The fourth-order valence-corrected chi connectivity index (χ4v) is 6.37. The van der Waals surface area contributed by atoms with Gasteiger partial charge in [-0.3, -0.25) is 0 Å². The first-order valence-electron chi connectivity index (χ1n) is 17.0. The normalized spacial score (nSPS) is 11.2. The quantitative estimate of drug-likeness (QED) is 0.186. The molecule has 9 aromatic rings. The predicted octanol–water partition coefficient (Wildman–Crippen LogP) is 9.78. The van der Waals surface area contributed by atoms with Gasteiger partial charge in [0.2, 0.25) is 0 Å². The van der Waals surface area contributed by atoms with Crippen LogP contribution in [0.15, 0.2) is 164 Å². The monoisotopic (exact) mass is 664 g/mol. The molecule has 4 heterocycles. The number of aryl methyl sites for hydroxylation is 1. The number of hydrogen-bond acceptors (Lipinski definition) is 4. The van der Waals surface area contributed by atoms with Crippen molar-refractivity contribution in [2.45, 2.75) is 20.1 Å². The van der Waals surface area contributed by atoms with Crippen molar-refractivity contribution in [3.63, 3.8) is 0 Å². The summed E-state index contributed by atoms with van der Waals surface area (Å²) in [6.07, 6.45) is 8.29. The third-order valence-electron chi connectivity index (χ3n) is 9.18. The lowest BCUT2D eigenvalue weighted by molar-refractivity contribution is 0.281. The van der Waals surface area contributed by atoms with Crippen LogP contribution in [0.5, 0.6) is 0 Å². The molecule has 0 amide bonds. The largest absolute Gasteiger partial charge is 0.392 e. The van der Waals surface area contributed by atoms with E-state index in [0.717, 1.165) is 67.2 Å². The summed E-state index contributed by atoms with van der Waals surface area (Å²) in [6.45, 7) is 2.19. The molecule has 0 aliphatic rings. The van der Waals surface area contributed by atoms with Crippen molar-refractivity contribution in [1.82, 2.24) is 18.8 Å². The van der Waals surface area contributed by atoms with E-state index >= 15 is 0 Å². The van der Waals surface area contributed by atoms with Gasteiger partial charge in [0.25, 0.3) is 0 Å². The molecule has 0 saturated heterocycles. The molecule has 0 bridgehead atoms. The molecule has 5 aromatic carbocycles. The minimum absolute atomic E-state index is 0.0489. The number of fused-ring (bicyclic) bond motifs is 3. The van der Waals surface area contributed by atoms with Gasteiger partial charge in [0.15, 0.2) is 0 Å². The molecule has 6 heteroatoms. The van der Waals surface area contributed by atoms with Crippen molar-refractivity contribution >= 4 is 22.1 Å². The van der Waals surface area contributed by atoms with Gasteiger partial charge in [0.1, 0.15) is 11.3 Å². The van der Waals surface area contributed by atoms with Gasteiger partial charge in [-0.1, -0.05) is 103 Å². The van der Waals surface area contributed by atoms with Crippen LogP contribution in [0.3, 0.4) is 0 Å². The minimum Gasteiger partial charge on any atom is -0.392 e. The van der Waals surface area contributed by atoms with Gasteiger partial charge in [0, 0.05) is 35.9 Å². The second-order valence-corrected chi connectivity index (χ2v) is 12.8. The Morgan fingerprint density at radius 3 is 1.51 bits per heavy atom. The molecular formula is C45H36N4O2. The third kappa shape index (κ3) is 6.79. The molecular weight excluding hydrogens is 629 g/mol. The standard InChI is InChI=1S/C24H18N2O.C21H18N2O/c27-16-17-4-3-7-19(12-17)22-10-11-24-25-23(15-26(24)14-22)21-9-8-18-5-1-2-6-20(18)13-21;1-15-5-7-17(8-6-15)20-13-23-12-19(9-10-21(23)22-20)18-4-2-3-16(11-18)14-24/h1-15,27H,16H2;2-13,24H,14H2,1H3. The summed E-state index contributed by atoms with van der Waals surface area (Å²) >= 11 is 0. The van der Waals surface area contributed by atoms with Crippen molar-refractivity contribution < 1.29 is 10.2 Å². The van der Waals surface area contributed by atoms with Crippen molar-refractivity contribution in [1.29, 1.82) is 0 Å². The molecule has 0 aliphatic carbocycles. The average Bonchev–Trinajstić information content (AvgIpc) is 3.82. The van der Waals surface area contributed by atoms with Crippen LogP contribution in [0.4, 0.5) is 0 Å². The first-order valence-corrected chi connectivity index (χ1v) is 17.0. The van der Waals surface area contributed by atoms with E-state index in [1.54, 1.807) is 0 Å². The number of aliphatic hydroxyl groups is 2. The lowest BCUT2D eigenvalue weighted by atomic mass is 10.1. The molecule has 51 heavy (non-hydrogen) atoms. The number of imidazole rings is 2. The van der Waals surface area contributed by atoms with Crippen LogP contribution < -0.4 is 0 Å². The minimum atomic E-state index is 0.0489. The van der Waals surface area contributed by atoms with Crippen LogP contribution in [-0.2, 0) is 13.2 Å². The fourth-order valence-electron chi connectivity index (χ4n) is 6.37. The van der Waals surface area contributed by atoms with Gasteiger partial charge < -0.3 is 19.0 Å². The van der Waals surface area contributed by atoms with E-state index in [9.17, 15) is 10.2 Å². The molecule has 6 nitrogen and oxygen atoms in total. The highest BCUT2D eigenvalue weighted by Crippen LogP contribution is 2.27. The summed E-state index contributed by atoms with van der Waals surface area (Å²) in [5.74, 6) is 0. The van der Waals surface area contributed by atoms with Crippen LogP contribution >= 0.6 is 0 Å². The number of hydrogen-bond donors (Lipinski definition) is 2. The first kappa shape index (κ1) is 31.9. The van der Waals surface area contributed by atoms with E-state index in [1.807, 2.05) is 48.5 Å². The molecule has 4 aromatic heterocycles. The van der Waals surface area contributed by atoms with Crippen LogP contribution in [-0.4, -0.2) is 29.0 Å². The number of aliphatic hydroxyl groups excluding tert-OH is 2. The summed E-state index contributed by atoms with van der Waals surface area (Å²) in [7, 11) is 0. The summed E-state index contributed by atoms with van der Waals surface area (Å²) < 4.78 is 4.11. The maximum absolute atomic E-state index is 9.37. The summed E-state index contributed by atoms with van der Waals surface area (Å²) in [4.78, 5) is 9.49. The van der Waals surface area contributed by atoms with Crippen molar-refractivity contribution in [3.8, 4) is 44.8 Å². The molecule has 248 valence electrons. The SMILES string of the molecule is Cc1ccc(-c2cn3cc(-c4cccc(CO)c4)ccc3n2)cc1.OCc1cccc(-c2ccc3nc(-c4ccc5ccccc5c4)cn3c2)c1. The molecule has 9 rings (SSSR count). The highest BCUT2D eigenvalue weighted by molar-refractivity contribution is 5.87. The Labute approximate surface area is 296 Å². The highest BCUT2D eigenvalue weighted by Gasteiger charge is 2.09. The molecule has 0 spiro atoms. The van der Waals surface area contributed by atoms with Crippen LogP contribution in [0, 0.1) is 6.92 Å². The summed E-state index contributed by atoms with van der Waals surface area (Å²) in [6, 6.07) is 47.3. The van der Waals surface area contributed by atoms with Gasteiger partial charge in [-0.25, -0.2) is 9.97 Å². The molecule has 0 atom stereocenters. The van der Waals surface area contributed by atoms with Crippen molar-refractivity contribution in [2.24, 2.45) is 0 Å². The molecule has 2 N–H and O–H groups in total. The van der Waals surface area contributed by atoms with Gasteiger partial charge in [0.05, 0.1) is 24.6 Å². The second-order valence-electron chi connectivity index (χ2n) is 12.8. The lowest BCUT2D eigenvalue weighted by Crippen LogP contribution is -1.87. The maximum atomic E-state index is 9.37. The zero-order valence-corrected chi connectivity index (χ0v) is 28.2. The van der Waals surface area contributed by atoms with E-state index in [0.29, 0.717) is 0 Å². The van der Waals surface area contributed by atoms with Crippen molar-refractivity contribution in [2.75, 3.05) is 0 Å². The Kier molecular flexibility index (Phi) is 8.68. The smallest absolute Gasteiger partial charge is 0.137 e. The van der Waals surface area contributed by atoms with Crippen LogP contribution in [0.2, 0.25) is 0 Å². The number of aromatic nitrogens is 4. The molecule has 0 fully saturated rings. The maximum Gasteiger partial charge on any atom is 0.137 e. The van der Waals surface area contributed by atoms with E-state index in [1.165, 1.54) is 16.3 Å².